The first-order valence-electron chi connectivity index (χ1n) is 8.24. The highest BCUT2D eigenvalue weighted by atomic mass is 35.5. The van der Waals surface area contributed by atoms with Crippen LogP contribution in [-0.2, 0) is 6.54 Å². The van der Waals surface area contributed by atoms with Crippen molar-refractivity contribution in [2.24, 2.45) is 0 Å². The summed E-state index contributed by atoms with van der Waals surface area (Å²) in [7, 11) is 1.64. The number of H-pyrrole nitrogens is 2. The number of methoxy groups -OCH3 is 1. The highest BCUT2D eigenvalue weighted by Crippen LogP contribution is 2.33. The molecule has 4 rings (SSSR count). The van der Waals surface area contributed by atoms with E-state index in [1.165, 1.54) is 0 Å². The third kappa shape index (κ3) is 2.74. The lowest BCUT2D eigenvalue weighted by Crippen LogP contribution is -2.39. The summed E-state index contributed by atoms with van der Waals surface area (Å²) in [5.41, 5.74) is 3.89. The van der Waals surface area contributed by atoms with Gasteiger partial charge in [-0.05, 0) is 24.6 Å². The molecule has 2 aromatic heterocycles. The quantitative estimate of drug-likeness (QED) is 0.741. The number of benzene rings is 1. The number of nitrogens with one attached hydrogen (secondary N) is 2. The van der Waals surface area contributed by atoms with Crippen LogP contribution in [0.5, 0.6) is 5.75 Å². The molecule has 3 aromatic rings. The highest BCUT2D eigenvalue weighted by Gasteiger charge is 2.33. The van der Waals surface area contributed by atoms with Crippen molar-refractivity contribution < 1.29 is 9.53 Å². The zero-order valence-corrected chi connectivity index (χ0v) is 15.2. The van der Waals surface area contributed by atoms with Crippen LogP contribution in [-0.4, -0.2) is 44.6 Å². The molecule has 26 heavy (non-hydrogen) atoms. The Morgan fingerprint density at radius 2 is 2.12 bits per heavy atom. The van der Waals surface area contributed by atoms with Gasteiger partial charge in [0.1, 0.15) is 5.75 Å². The number of carbonyl (C=O) groups excluding carboxylic acids is 1. The lowest BCUT2D eigenvalue weighted by atomic mass is 9.90. The summed E-state index contributed by atoms with van der Waals surface area (Å²) in [4.78, 5) is 22.3. The van der Waals surface area contributed by atoms with Crippen molar-refractivity contribution in [1.29, 1.82) is 0 Å². The van der Waals surface area contributed by atoms with Crippen LogP contribution in [0, 0.1) is 6.92 Å². The second-order valence-electron chi connectivity index (χ2n) is 6.29. The van der Waals surface area contributed by atoms with Gasteiger partial charge in [0.15, 0.2) is 5.69 Å². The molecule has 3 heterocycles. The van der Waals surface area contributed by atoms with E-state index in [4.69, 9.17) is 16.3 Å². The number of fused-ring (bicyclic) bond motifs is 1. The van der Waals surface area contributed by atoms with Gasteiger partial charge in [-0.3, -0.25) is 9.89 Å². The maximum absolute atomic E-state index is 12.9. The number of aromatic nitrogens is 4. The smallest absolute Gasteiger partial charge is 0.276 e. The number of imidazole rings is 1. The maximum Gasteiger partial charge on any atom is 0.276 e. The molecule has 0 radical (unpaired) electrons. The summed E-state index contributed by atoms with van der Waals surface area (Å²) in [5, 5.41) is 7.19. The molecule has 7 nitrogen and oxygen atoms in total. The number of amides is 1. The number of carbonyl (C=O) groups is 1. The SMILES string of the molecule is COc1ccc(C2CN(C(=O)c3n[nH]c(C)c3Cl)Cc3[nH]cnc32)cc1. The predicted molar refractivity (Wildman–Crippen MR) is 96.5 cm³/mol. The monoisotopic (exact) mass is 371 g/mol. The van der Waals surface area contributed by atoms with Crippen LogP contribution >= 0.6 is 11.6 Å². The van der Waals surface area contributed by atoms with Crippen molar-refractivity contribution in [1.82, 2.24) is 25.1 Å². The van der Waals surface area contributed by atoms with E-state index in [0.29, 0.717) is 23.8 Å². The molecule has 1 aliphatic heterocycles. The van der Waals surface area contributed by atoms with E-state index < -0.39 is 0 Å². The first kappa shape index (κ1) is 16.7. The fraction of sp³-hybridized carbons (Fsp3) is 0.278. The molecule has 0 aliphatic carbocycles. The number of halogens is 1. The highest BCUT2D eigenvalue weighted by molar-refractivity contribution is 6.34. The first-order valence-corrected chi connectivity index (χ1v) is 8.62. The van der Waals surface area contributed by atoms with E-state index in [9.17, 15) is 4.79 Å². The molecule has 0 saturated heterocycles. The summed E-state index contributed by atoms with van der Waals surface area (Å²) in [6.07, 6.45) is 1.67. The Kier molecular flexibility index (Phi) is 4.16. The van der Waals surface area contributed by atoms with Gasteiger partial charge in [-0.25, -0.2) is 4.98 Å². The molecular formula is C18H18ClN5O2. The normalized spacial score (nSPS) is 16.4. The molecule has 1 aromatic carbocycles. The van der Waals surface area contributed by atoms with Gasteiger partial charge in [-0.1, -0.05) is 23.7 Å². The maximum atomic E-state index is 12.9. The molecule has 0 saturated carbocycles. The van der Waals surface area contributed by atoms with E-state index in [-0.39, 0.29) is 17.5 Å². The molecule has 1 amide bonds. The van der Waals surface area contributed by atoms with Crippen molar-refractivity contribution in [3.8, 4) is 5.75 Å². The van der Waals surface area contributed by atoms with Gasteiger partial charge in [0.05, 0.1) is 42.1 Å². The largest absolute Gasteiger partial charge is 0.497 e. The van der Waals surface area contributed by atoms with Crippen LogP contribution in [0.3, 0.4) is 0 Å². The van der Waals surface area contributed by atoms with Crippen LogP contribution in [0.1, 0.15) is 39.1 Å². The summed E-state index contributed by atoms with van der Waals surface area (Å²) < 4.78 is 5.23. The number of aromatic amines is 2. The van der Waals surface area contributed by atoms with Crippen molar-refractivity contribution in [2.75, 3.05) is 13.7 Å². The summed E-state index contributed by atoms with van der Waals surface area (Å²) in [6, 6.07) is 7.83. The Balaban J connectivity index is 1.67. The first-order chi connectivity index (χ1) is 12.6. The zero-order valence-electron chi connectivity index (χ0n) is 14.4. The Bertz CT molecular complexity index is 947. The molecule has 0 spiro atoms. The Hall–Kier alpha value is -2.80. The second kappa shape index (κ2) is 6.49. The van der Waals surface area contributed by atoms with E-state index in [0.717, 1.165) is 22.7 Å². The van der Waals surface area contributed by atoms with E-state index >= 15 is 0 Å². The fourth-order valence-corrected chi connectivity index (χ4v) is 3.45. The van der Waals surface area contributed by atoms with Crippen LogP contribution in [0.4, 0.5) is 0 Å². The minimum Gasteiger partial charge on any atom is -0.497 e. The standard InChI is InChI=1S/C18H18ClN5O2/c1-10-15(19)17(23-22-10)18(25)24-7-13(16-14(8-24)20-9-21-16)11-3-5-12(26-2)6-4-11/h3-6,9,13H,7-8H2,1-2H3,(H,20,21)(H,22,23). The molecule has 0 fully saturated rings. The number of ether oxygens (including phenoxy) is 1. The number of aryl methyl sites for hydroxylation is 1. The third-order valence-corrected chi connectivity index (χ3v) is 5.18. The average Bonchev–Trinajstić information content (AvgIpc) is 3.27. The minimum absolute atomic E-state index is 0.0290. The van der Waals surface area contributed by atoms with Gasteiger partial charge in [0.2, 0.25) is 0 Å². The second-order valence-corrected chi connectivity index (χ2v) is 6.67. The lowest BCUT2D eigenvalue weighted by molar-refractivity contribution is 0.0716. The predicted octanol–water partition coefficient (Wildman–Crippen LogP) is 2.89. The number of rotatable bonds is 3. The summed E-state index contributed by atoms with van der Waals surface area (Å²) >= 11 is 6.21. The molecular weight excluding hydrogens is 354 g/mol. The van der Waals surface area contributed by atoms with Crippen molar-refractivity contribution in [2.45, 2.75) is 19.4 Å². The summed E-state index contributed by atoms with van der Waals surface area (Å²) in [6.45, 7) is 2.74. The summed E-state index contributed by atoms with van der Waals surface area (Å²) in [5.74, 6) is 0.565. The van der Waals surface area contributed by atoms with Crippen LogP contribution in [0.2, 0.25) is 5.02 Å². The molecule has 134 valence electrons. The third-order valence-electron chi connectivity index (χ3n) is 4.71. The van der Waals surface area contributed by atoms with Gasteiger partial charge >= 0.3 is 0 Å². The Morgan fingerprint density at radius 1 is 1.35 bits per heavy atom. The zero-order chi connectivity index (χ0) is 18.3. The van der Waals surface area contributed by atoms with Crippen LogP contribution in [0.25, 0.3) is 0 Å². The van der Waals surface area contributed by atoms with Gasteiger partial charge in [-0.2, -0.15) is 5.10 Å². The molecule has 8 heteroatoms. The van der Waals surface area contributed by atoms with Crippen molar-refractivity contribution >= 4 is 17.5 Å². The fourth-order valence-electron chi connectivity index (χ4n) is 3.28. The van der Waals surface area contributed by atoms with E-state index in [1.807, 2.05) is 24.3 Å². The molecule has 0 bridgehead atoms. The Morgan fingerprint density at radius 3 is 2.77 bits per heavy atom. The number of hydrogen-bond donors (Lipinski definition) is 2. The molecule has 1 unspecified atom stereocenters. The molecule has 1 aliphatic rings. The Labute approximate surface area is 155 Å². The molecule has 1 atom stereocenters. The van der Waals surface area contributed by atoms with Gasteiger partial charge < -0.3 is 14.6 Å². The van der Waals surface area contributed by atoms with Crippen LogP contribution in [0.15, 0.2) is 30.6 Å². The number of nitrogens with zero attached hydrogens (tertiary/aromatic N) is 3. The van der Waals surface area contributed by atoms with Gasteiger partial charge in [-0.15, -0.1) is 0 Å². The van der Waals surface area contributed by atoms with E-state index in [2.05, 4.69) is 20.2 Å². The van der Waals surface area contributed by atoms with Gasteiger partial charge in [0, 0.05) is 12.5 Å². The van der Waals surface area contributed by atoms with Gasteiger partial charge in [0.25, 0.3) is 5.91 Å². The molecule has 2 N–H and O–H groups in total. The average molecular weight is 372 g/mol. The van der Waals surface area contributed by atoms with Crippen LogP contribution < -0.4 is 4.74 Å². The lowest BCUT2D eigenvalue weighted by Gasteiger charge is -2.32. The van der Waals surface area contributed by atoms with Crippen molar-refractivity contribution in [3.63, 3.8) is 0 Å². The van der Waals surface area contributed by atoms with E-state index in [1.54, 1.807) is 25.3 Å². The number of hydrogen-bond acceptors (Lipinski definition) is 4. The topological polar surface area (TPSA) is 86.9 Å². The van der Waals surface area contributed by atoms with Crippen molar-refractivity contribution in [3.05, 3.63) is 64.0 Å². The minimum atomic E-state index is -0.196.